The Bertz CT molecular complexity index is 414. The first kappa shape index (κ1) is 12.0. The molecule has 4 nitrogen and oxygen atoms in total. The fourth-order valence-corrected chi connectivity index (χ4v) is 2.22. The van der Waals surface area contributed by atoms with Crippen LogP contribution in [0.4, 0.5) is 17.1 Å². The van der Waals surface area contributed by atoms with E-state index in [-0.39, 0.29) is 5.54 Å². The molecule has 2 rings (SSSR count). The maximum atomic E-state index is 5.86. The average Bonchev–Trinajstić information content (AvgIpc) is 2.26. The number of hydrogen-bond acceptors (Lipinski definition) is 4. The highest BCUT2D eigenvalue weighted by molar-refractivity contribution is 5.70. The van der Waals surface area contributed by atoms with E-state index in [4.69, 9.17) is 11.5 Å². The third kappa shape index (κ3) is 2.31. The molecule has 0 spiro atoms. The van der Waals surface area contributed by atoms with Gasteiger partial charge in [0, 0.05) is 30.9 Å². The van der Waals surface area contributed by atoms with Crippen LogP contribution in [0.25, 0.3) is 0 Å². The molecular formula is C13H22N4. The van der Waals surface area contributed by atoms with Crippen LogP contribution in [0.15, 0.2) is 18.2 Å². The molecule has 0 amide bonds. The fourth-order valence-electron chi connectivity index (χ4n) is 2.22. The molecule has 0 atom stereocenters. The molecule has 1 saturated heterocycles. The zero-order valence-electron chi connectivity index (χ0n) is 10.9. The molecule has 1 aromatic carbocycles. The quantitative estimate of drug-likeness (QED) is 0.721. The lowest BCUT2D eigenvalue weighted by atomic mass is 9.99. The molecular weight excluding hydrogens is 212 g/mol. The molecule has 17 heavy (non-hydrogen) atoms. The van der Waals surface area contributed by atoms with Crippen LogP contribution in [0.3, 0.4) is 0 Å². The summed E-state index contributed by atoms with van der Waals surface area (Å²) < 4.78 is 0. The van der Waals surface area contributed by atoms with Gasteiger partial charge in [-0.15, -0.1) is 0 Å². The van der Waals surface area contributed by atoms with E-state index in [1.807, 2.05) is 18.2 Å². The maximum Gasteiger partial charge on any atom is 0.0568 e. The van der Waals surface area contributed by atoms with E-state index in [1.54, 1.807) is 0 Å². The minimum atomic E-state index is 0.189. The first-order valence-electron chi connectivity index (χ1n) is 6.01. The molecule has 0 aromatic heterocycles. The van der Waals surface area contributed by atoms with Gasteiger partial charge in [0.1, 0.15) is 0 Å². The van der Waals surface area contributed by atoms with Gasteiger partial charge in [0.15, 0.2) is 0 Å². The summed E-state index contributed by atoms with van der Waals surface area (Å²) in [5.41, 5.74) is 14.3. The summed E-state index contributed by atoms with van der Waals surface area (Å²) in [5, 5.41) is 0. The zero-order valence-corrected chi connectivity index (χ0v) is 10.9. The first-order chi connectivity index (χ1) is 7.90. The molecule has 1 heterocycles. The van der Waals surface area contributed by atoms with E-state index < -0.39 is 0 Å². The Morgan fingerprint density at radius 2 is 1.82 bits per heavy atom. The van der Waals surface area contributed by atoms with Crippen molar-refractivity contribution in [3.05, 3.63) is 18.2 Å². The first-order valence-corrected chi connectivity index (χ1v) is 6.01. The highest BCUT2D eigenvalue weighted by Crippen LogP contribution is 2.27. The van der Waals surface area contributed by atoms with Crippen molar-refractivity contribution in [3.8, 4) is 0 Å². The van der Waals surface area contributed by atoms with Crippen LogP contribution in [0.5, 0.6) is 0 Å². The lowest BCUT2D eigenvalue weighted by molar-refractivity contribution is 0.139. The second kappa shape index (κ2) is 4.11. The number of hydrogen-bond donors (Lipinski definition) is 2. The summed E-state index contributed by atoms with van der Waals surface area (Å²) >= 11 is 0. The van der Waals surface area contributed by atoms with Crippen molar-refractivity contribution in [1.82, 2.24) is 4.90 Å². The monoisotopic (exact) mass is 234 g/mol. The van der Waals surface area contributed by atoms with E-state index in [9.17, 15) is 0 Å². The predicted molar refractivity (Wildman–Crippen MR) is 74.2 cm³/mol. The topological polar surface area (TPSA) is 58.5 Å². The molecule has 4 N–H and O–H groups in total. The Labute approximate surface area is 103 Å². The third-order valence-corrected chi connectivity index (χ3v) is 3.75. The molecule has 4 heteroatoms. The lowest BCUT2D eigenvalue weighted by Gasteiger charge is -2.46. The number of rotatable bonds is 1. The normalized spacial score (nSPS) is 20.5. The van der Waals surface area contributed by atoms with Crippen LogP contribution in [-0.4, -0.2) is 37.1 Å². The van der Waals surface area contributed by atoms with Crippen molar-refractivity contribution >= 4 is 17.1 Å². The van der Waals surface area contributed by atoms with Gasteiger partial charge in [-0.25, -0.2) is 0 Å². The Morgan fingerprint density at radius 1 is 1.12 bits per heavy atom. The Hall–Kier alpha value is -1.42. The smallest absolute Gasteiger partial charge is 0.0568 e. The van der Waals surface area contributed by atoms with Crippen LogP contribution in [-0.2, 0) is 0 Å². The number of piperazine rings is 1. The summed E-state index contributed by atoms with van der Waals surface area (Å²) in [7, 11) is 2.18. The molecule has 0 unspecified atom stereocenters. The van der Waals surface area contributed by atoms with Gasteiger partial charge < -0.3 is 16.4 Å². The van der Waals surface area contributed by atoms with Crippen molar-refractivity contribution in [1.29, 1.82) is 0 Å². The largest absolute Gasteiger partial charge is 0.397 e. The van der Waals surface area contributed by atoms with Gasteiger partial charge in [-0.1, -0.05) is 0 Å². The molecule has 0 radical (unpaired) electrons. The third-order valence-electron chi connectivity index (χ3n) is 3.75. The SMILES string of the molecule is CN1CCN(c2ccc(N)c(N)c2)CC1(C)C. The Balaban J connectivity index is 2.21. The molecule has 1 aliphatic rings. The van der Waals surface area contributed by atoms with E-state index in [1.165, 1.54) is 0 Å². The van der Waals surface area contributed by atoms with Crippen LogP contribution >= 0.6 is 0 Å². The number of nitrogens with two attached hydrogens (primary N) is 2. The van der Waals surface area contributed by atoms with Gasteiger partial charge in [0.05, 0.1) is 11.4 Å². The number of benzene rings is 1. The summed E-state index contributed by atoms with van der Waals surface area (Å²) in [6, 6.07) is 5.90. The van der Waals surface area contributed by atoms with Gasteiger partial charge in [-0.3, -0.25) is 4.90 Å². The van der Waals surface area contributed by atoms with Crippen molar-refractivity contribution in [3.63, 3.8) is 0 Å². The van der Waals surface area contributed by atoms with Gasteiger partial charge in [-0.2, -0.15) is 0 Å². The van der Waals surface area contributed by atoms with Crippen LogP contribution in [0, 0.1) is 0 Å². The molecule has 1 fully saturated rings. The van der Waals surface area contributed by atoms with Gasteiger partial charge in [-0.05, 0) is 39.1 Å². The van der Waals surface area contributed by atoms with E-state index in [0.717, 1.165) is 25.3 Å². The maximum absolute atomic E-state index is 5.86. The van der Waals surface area contributed by atoms with Gasteiger partial charge in [0.25, 0.3) is 0 Å². The van der Waals surface area contributed by atoms with Gasteiger partial charge >= 0.3 is 0 Å². The molecule has 94 valence electrons. The van der Waals surface area contributed by atoms with Crippen molar-refractivity contribution in [2.45, 2.75) is 19.4 Å². The Morgan fingerprint density at radius 3 is 2.41 bits per heavy atom. The lowest BCUT2D eigenvalue weighted by Crippen LogP contribution is -2.57. The summed E-state index contributed by atoms with van der Waals surface area (Å²) in [6.07, 6.45) is 0. The highest BCUT2D eigenvalue weighted by Gasteiger charge is 2.31. The second-order valence-electron chi connectivity index (χ2n) is 5.47. The molecule has 0 aliphatic carbocycles. The van der Waals surface area contributed by atoms with Gasteiger partial charge in [0.2, 0.25) is 0 Å². The van der Waals surface area contributed by atoms with Crippen molar-refractivity contribution in [2.24, 2.45) is 0 Å². The van der Waals surface area contributed by atoms with E-state index >= 15 is 0 Å². The van der Waals surface area contributed by atoms with Crippen LogP contribution < -0.4 is 16.4 Å². The molecule has 1 aliphatic heterocycles. The summed E-state index contributed by atoms with van der Waals surface area (Å²) in [4.78, 5) is 4.76. The molecule has 1 aromatic rings. The van der Waals surface area contributed by atoms with E-state index in [0.29, 0.717) is 11.4 Å². The number of nitrogen functional groups attached to an aromatic ring is 2. The van der Waals surface area contributed by atoms with Crippen molar-refractivity contribution in [2.75, 3.05) is 43.0 Å². The minimum Gasteiger partial charge on any atom is -0.397 e. The van der Waals surface area contributed by atoms with Crippen LogP contribution in [0.1, 0.15) is 13.8 Å². The summed E-state index contributed by atoms with van der Waals surface area (Å²) in [5.74, 6) is 0. The number of nitrogens with zero attached hydrogens (tertiary/aromatic N) is 2. The highest BCUT2D eigenvalue weighted by atomic mass is 15.3. The number of likely N-dealkylation sites (N-methyl/N-ethyl adjacent to an activating group) is 1. The second-order valence-corrected chi connectivity index (χ2v) is 5.47. The Kier molecular flexibility index (Phi) is 2.91. The summed E-state index contributed by atoms with van der Waals surface area (Å²) in [6.45, 7) is 7.63. The standard InChI is InChI=1S/C13H22N4/c1-13(2)9-17(7-6-16(13)3)10-4-5-11(14)12(15)8-10/h4-5,8H,6-7,9,14-15H2,1-3H3. The molecule has 0 saturated carbocycles. The zero-order chi connectivity index (χ0) is 12.6. The average molecular weight is 234 g/mol. The van der Waals surface area contributed by atoms with E-state index in [2.05, 4.69) is 30.7 Å². The van der Waals surface area contributed by atoms with Crippen LogP contribution in [0.2, 0.25) is 0 Å². The minimum absolute atomic E-state index is 0.189. The number of anilines is 3. The molecule has 0 bridgehead atoms. The van der Waals surface area contributed by atoms with Crippen molar-refractivity contribution < 1.29 is 0 Å². The predicted octanol–water partition coefficient (Wildman–Crippen LogP) is 1.38. The fraction of sp³-hybridized carbons (Fsp3) is 0.538.